The number of hydrogen-bond donors (Lipinski definition) is 0. The minimum absolute atomic E-state index is 0.118. The van der Waals surface area contributed by atoms with E-state index in [1.165, 1.54) is 0 Å². The van der Waals surface area contributed by atoms with Crippen LogP contribution in [0.2, 0.25) is 0 Å². The van der Waals surface area contributed by atoms with Gasteiger partial charge in [0.05, 0.1) is 18.8 Å². The van der Waals surface area contributed by atoms with Crippen LogP contribution in [0.25, 0.3) is 0 Å². The molecule has 5 heteroatoms. The van der Waals surface area contributed by atoms with E-state index in [4.69, 9.17) is 4.74 Å². The molecule has 0 aromatic carbocycles. The lowest BCUT2D eigenvalue weighted by molar-refractivity contribution is 0.0243. The molecule has 114 valence electrons. The van der Waals surface area contributed by atoms with E-state index in [2.05, 4.69) is 9.88 Å². The Hall–Kier alpha value is -1.46. The number of carbonyl (C=O) groups excluding carboxylic acids is 1. The first-order chi connectivity index (χ1) is 10.3. The Bertz CT molecular complexity index is 452. The summed E-state index contributed by atoms with van der Waals surface area (Å²) in [5.74, 6) is 0.828. The summed E-state index contributed by atoms with van der Waals surface area (Å²) in [5.41, 5.74) is 0.698. The zero-order valence-corrected chi connectivity index (χ0v) is 12.4. The fourth-order valence-electron chi connectivity index (χ4n) is 3.14. The summed E-state index contributed by atoms with van der Waals surface area (Å²) in [5, 5.41) is 0. The maximum absolute atomic E-state index is 12.4. The Morgan fingerprint density at radius 3 is 2.67 bits per heavy atom. The number of piperidine rings is 1. The second-order valence-electron chi connectivity index (χ2n) is 5.89. The lowest BCUT2D eigenvalue weighted by Gasteiger charge is -2.36. The van der Waals surface area contributed by atoms with Crippen LogP contribution in [0.4, 0.5) is 0 Å². The van der Waals surface area contributed by atoms with Crippen LogP contribution in [0.1, 0.15) is 23.2 Å². The lowest BCUT2D eigenvalue weighted by atomic mass is 9.95. The first-order valence-corrected chi connectivity index (χ1v) is 7.82. The fraction of sp³-hybridized carbons (Fsp3) is 0.625. The van der Waals surface area contributed by atoms with E-state index < -0.39 is 0 Å². The van der Waals surface area contributed by atoms with E-state index in [-0.39, 0.29) is 5.91 Å². The molecule has 1 aromatic rings. The Morgan fingerprint density at radius 2 is 2.00 bits per heavy atom. The van der Waals surface area contributed by atoms with Crippen molar-refractivity contribution in [1.82, 2.24) is 14.8 Å². The van der Waals surface area contributed by atoms with E-state index in [0.717, 1.165) is 58.8 Å². The predicted molar refractivity (Wildman–Crippen MR) is 80.1 cm³/mol. The molecule has 0 atom stereocenters. The molecule has 0 unspecified atom stereocenters. The number of morpholine rings is 1. The summed E-state index contributed by atoms with van der Waals surface area (Å²) in [4.78, 5) is 20.8. The van der Waals surface area contributed by atoms with Gasteiger partial charge in [-0.05, 0) is 30.9 Å². The molecule has 0 aliphatic carbocycles. The number of carbonyl (C=O) groups is 1. The number of nitrogens with zero attached hydrogens (tertiary/aromatic N) is 3. The van der Waals surface area contributed by atoms with Gasteiger partial charge in [0.15, 0.2) is 0 Å². The number of amides is 1. The van der Waals surface area contributed by atoms with Gasteiger partial charge in [0.2, 0.25) is 0 Å². The third kappa shape index (κ3) is 3.80. The maximum atomic E-state index is 12.4. The zero-order chi connectivity index (χ0) is 14.5. The normalized spacial score (nSPS) is 21.4. The van der Waals surface area contributed by atoms with Crippen LogP contribution in [0.15, 0.2) is 24.5 Å². The average Bonchev–Trinajstić information content (AvgIpc) is 2.57. The zero-order valence-electron chi connectivity index (χ0n) is 12.4. The van der Waals surface area contributed by atoms with Gasteiger partial charge < -0.3 is 9.64 Å². The van der Waals surface area contributed by atoms with E-state index >= 15 is 0 Å². The van der Waals surface area contributed by atoms with Crippen LogP contribution >= 0.6 is 0 Å². The molecule has 1 amide bonds. The van der Waals surface area contributed by atoms with Gasteiger partial charge in [-0.25, -0.2) is 0 Å². The van der Waals surface area contributed by atoms with Gasteiger partial charge in [-0.3, -0.25) is 14.7 Å². The van der Waals surface area contributed by atoms with Gasteiger partial charge in [-0.1, -0.05) is 0 Å². The highest BCUT2D eigenvalue weighted by molar-refractivity contribution is 5.93. The summed E-state index contributed by atoms with van der Waals surface area (Å²) >= 11 is 0. The van der Waals surface area contributed by atoms with Crippen molar-refractivity contribution in [1.29, 1.82) is 0 Å². The highest BCUT2D eigenvalue weighted by atomic mass is 16.5. The smallest absolute Gasteiger partial charge is 0.255 e. The molecule has 21 heavy (non-hydrogen) atoms. The molecule has 0 radical (unpaired) electrons. The van der Waals surface area contributed by atoms with Gasteiger partial charge in [-0.2, -0.15) is 0 Å². The molecule has 2 fully saturated rings. The first kappa shape index (κ1) is 14.5. The number of ether oxygens (including phenoxy) is 1. The van der Waals surface area contributed by atoms with Crippen molar-refractivity contribution in [2.75, 3.05) is 45.9 Å². The van der Waals surface area contributed by atoms with Crippen molar-refractivity contribution < 1.29 is 9.53 Å². The largest absolute Gasteiger partial charge is 0.379 e. The summed E-state index contributed by atoms with van der Waals surface area (Å²) in [6, 6.07) is 3.66. The molecule has 5 nitrogen and oxygen atoms in total. The third-order valence-corrected chi connectivity index (χ3v) is 4.43. The first-order valence-electron chi connectivity index (χ1n) is 7.82. The Kier molecular flexibility index (Phi) is 4.83. The minimum atomic E-state index is 0.118. The van der Waals surface area contributed by atoms with Crippen molar-refractivity contribution in [3.8, 4) is 0 Å². The molecule has 2 saturated heterocycles. The molecule has 0 saturated carbocycles. The van der Waals surface area contributed by atoms with Crippen molar-refractivity contribution in [2.24, 2.45) is 5.92 Å². The van der Waals surface area contributed by atoms with Crippen LogP contribution < -0.4 is 0 Å². The number of pyridine rings is 1. The highest BCUT2D eigenvalue weighted by Gasteiger charge is 2.25. The molecule has 0 spiro atoms. The van der Waals surface area contributed by atoms with Gasteiger partial charge in [0.1, 0.15) is 0 Å². The van der Waals surface area contributed by atoms with Crippen LogP contribution in [0, 0.1) is 5.92 Å². The Labute approximate surface area is 125 Å². The van der Waals surface area contributed by atoms with Gasteiger partial charge in [0.25, 0.3) is 5.91 Å². The van der Waals surface area contributed by atoms with Gasteiger partial charge in [0, 0.05) is 45.1 Å². The van der Waals surface area contributed by atoms with Crippen LogP contribution in [0.3, 0.4) is 0 Å². The van der Waals surface area contributed by atoms with Crippen molar-refractivity contribution in [3.05, 3.63) is 30.1 Å². The van der Waals surface area contributed by atoms with Crippen molar-refractivity contribution >= 4 is 5.91 Å². The number of hydrogen-bond acceptors (Lipinski definition) is 4. The molecule has 2 aliphatic rings. The molecule has 0 bridgehead atoms. The molecule has 3 heterocycles. The van der Waals surface area contributed by atoms with Crippen LogP contribution in [0.5, 0.6) is 0 Å². The summed E-state index contributed by atoms with van der Waals surface area (Å²) in [6.45, 7) is 6.70. The Balaban J connectivity index is 1.47. The second kappa shape index (κ2) is 7.00. The topological polar surface area (TPSA) is 45.7 Å². The quantitative estimate of drug-likeness (QED) is 0.840. The van der Waals surface area contributed by atoms with E-state index in [0.29, 0.717) is 11.5 Å². The number of rotatable bonds is 3. The van der Waals surface area contributed by atoms with Crippen LogP contribution in [-0.4, -0.2) is 66.6 Å². The van der Waals surface area contributed by atoms with Crippen LogP contribution in [-0.2, 0) is 4.74 Å². The van der Waals surface area contributed by atoms with E-state index in [1.807, 2.05) is 17.0 Å². The molecule has 1 aromatic heterocycles. The molecule has 3 rings (SSSR count). The summed E-state index contributed by atoms with van der Waals surface area (Å²) in [7, 11) is 0. The molecule has 0 N–H and O–H groups in total. The summed E-state index contributed by atoms with van der Waals surface area (Å²) < 4.78 is 5.39. The lowest BCUT2D eigenvalue weighted by Crippen LogP contribution is -2.44. The van der Waals surface area contributed by atoms with Gasteiger partial charge >= 0.3 is 0 Å². The summed E-state index contributed by atoms with van der Waals surface area (Å²) in [6.07, 6.45) is 5.56. The highest BCUT2D eigenvalue weighted by Crippen LogP contribution is 2.20. The van der Waals surface area contributed by atoms with E-state index in [1.54, 1.807) is 12.4 Å². The molecule has 2 aliphatic heterocycles. The molecular formula is C16H23N3O2. The maximum Gasteiger partial charge on any atom is 0.255 e. The number of aromatic nitrogens is 1. The fourth-order valence-corrected chi connectivity index (χ4v) is 3.14. The Morgan fingerprint density at radius 1 is 1.24 bits per heavy atom. The van der Waals surface area contributed by atoms with Crippen molar-refractivity contribution in [3.63, 3.8) is 0 Å². The van der Waals surface area contributed by atoms with Gasteiger partial charge in [-0.15, -0.1) is 0 Å². The standard InChI is InChI=1S/C16H23N3O2/c20-16(15-2-1-5-17-12-15)19-6-3-14(4-7-19)13-18-8-10-21-11-9-18/h1-2,5,12,14H,3-4,6-11,13H2. The predicted octanol–water partition coefficient (Wildman–Crippen LogP) is 1.27. The molecular weight excluding hydrogens is 266 g/mol. The van der Waals surface area contributed by atoms with Crippen molar-refractivity contribution in [2.45, 2.75) is 12.8 Å². The minimum Gasteiger partial charge on any atom is -0.379 e. The number of likely N-dealkylation sites (tertiary alicyclic amines) is 1. The third-order valence-electron chi connectivity index (χ3n) is 4.43. The monoisotopic (exact) mass is 289 g/mol. The second-order valence-corrected chi connectivity index (χ2v) is 5.89. The SMILES string of the molecule is O=C(c1cccnc1)N1CCC(CN2CCOCC2)CC1. The average molecular weight is 289 g/mol. The van der Waals surface area contributed by atoms with E-state index in [9.17, 15) is 4.79 Å².